The summed E-state index contributed by atoms with van der Waals surface area (Å²) in [7, 11) is 0. The standard InChI is InChI=1S/C16H16.C15H16N2/c1-12-15-8-4-2-6-13(15)10-11-14-7-3-5-9-16(12)14;1-10-5-3-4-6-13(10)14-9-12(15(16)17)8-7-11(14)2/h2-9,12H,10-11H2,1H3;3-9H,1-2H3,(H3,16,17). The van der Waals surface area contributed by atoms with Crippen molar-refractivity contribution in [2.24, 2.45) is 5.73 Å². The second-order valence-corrected chi connectivity index (χ2v) is 8.88. The van der Waals surface area contributed by atoms with E-state index in [0.29, 0.717) is 5.92 Å². The van der Waals surface area contributed by atoms with Crippen molar-refractivity contribution in [1.82, 2.24) is 0 Å². The Hall–Kier alpha value is -3.65. The van der Waals surface area contributed by atoms with Gasteiger partial charge in [-0.15, -0.1) is 0 Å². The van der Waals surface area contributed by atoms with Crippen molar-refractivity contribution in [2.75, 3.05) is 0 Å². The molecule has 0 amide bonds. The summed E-state index contributed by atoms with van der Waals surface area (Å²) in [6.07, 6.45) is 2.36. The van der Waals surface area contributed by atoms with E-state index in [4.69, 9.17) is 11.1 Å². The molecule has 0 heterocycles. The maximum atomic E-state index is 7.50. The lowest BCUT2D eigenvalue weighted by Gasteiger charge is -2.14. The lowest BCUT2D eigenvalue weighted by atomic mass is 9.90. The van der Waals surface area contributed by atoms with Gasteiger partial charge in [-0.1, -0.05) is 91.9 Å². The average Bonchev–Trinajstić information content (AvgIpc) is 2.97. The second-order valence-electron chi connectivity index (χ2n) is 8.88. The van der Waals surface area contributed by atoms with Crippen LogP contribution in [-0.4, -0.2) is 5.84 Å². The first-order chi connectivity index (χ1) is 16.0. The molecule has 0 saturated carbocycles. The topological polar surface area (TPSA) is 49.9 Å². The largest absolute Gasteiger partial charge is 0.384 e. The number of fused-ring (bicyclic) bond motifs is 2. The summed E-state index contributed by atoms with van der Waals surface area (Å²) < 4.78 is 0. The van der Waals surface area contributed by atoms with E-state index in [1.54, 1.807) is 0 Å². The van der Waals surface area contributed by atoms with E-state index >= 15 is 0 Å². The zero-order valence-electron chi connectivity index (χ0n) is 19.7. The van der Waals surface area contributed by atoms with Crippen molar-refractivity contribution in [1.29, 1.82) is 5.41 Å². The summed E-state index contributed by atoms with van der Waals surface area (Å²) in [4.78, 5) is 0. The number of amidine groups is 1. The number of benzene rings is 4. The minimum atomic E-state index is 0.111. The summed E-state index contributed by atoms with van der Waals surface area (Å²) in [5.74, 6) is 0.648. The van der Waals surface area contributed by atoms with Crippen LogP contribution in [0.25, 0.3) is 11.1 Å². The highest BCUT2D eigenvalue weighted by atomic mass is 14.7. The Labute approximate surface area is 197 Å². The van der Waals surface area contributed by atoms with Crippen LogP contribution >= 0.6 is 0 Å². The maximum absolute atomic E-state index is 7.50. The molecular weight excluding hydrogens is 400 g/mol. The van der Waals surface area contributed by atoms with E-state index in [2.05, 4.69) is 81.4 Å². The number of nitrogen functional groups attached to an aromatic ring is 1. The third kappa shape index (κ3) is 4.90. The number of aryl methyl sites for hydroxylation is 4. The molecule has 0 aliphatic heterocycles. The van der Waals surface area contributed by atoms with Gasteiger partial charge in [0.05, 0.1) is 0 Å². The van der Waals surface area contributed by atoms with E-state index in [-0.39, 0.29) is 5.84 Å². The zero-order chi connectivity index (χ0) is 23.4. The molecule has 0 unspecified atom stereocenters. The molecule has 0 aromatic heterocycles. The van der Waals surface area contributed by atoms with Crippen LogP contribution in [0.2, 0.25) is 0 Å². The smallest absolute Gasteiger partial charge is 0.122 e. The number of hydrogen-bond acceptors (Lipinski definition) is 1. The van der Waals surface area contributed by atoms with Crippen LogP contribution in [0.15, 0.2) is 91.0 Å². The van der Waals surface area contributed by atoms with E-state index in [1.165, 1.54) is 51.8 Å². The van der Waals surface area contributed by atoms with Crippen LogP contribution in [0.3, 0.4) is 0 Å². The first-order valence-corrected chi connectivity index (χ1v) is 11.6. The molecule has 33 heavy (non-hydrogen) atoms. The molecule has 2 heteroatoms. The Morgan fingerprint density at radius 3 is 1.79 bits per heavy atom. The summed E-state index contributed by atoms with van der Waals surface area (Å²) in [5.41, 5.74) is 17.1. The molecule has 0 spiro atoms. The average molecular weight is 433 g/mol. The van der Waals surface area contributed by atoms with Crippen LogP contribution in [0.4, 0.5) is 0 Å². The van der Waals surface area contributed by atoms with Crippen LogP contribution in [0, 0.1) is 19.3 Å². The van der Waals surface area contributed by atoms with Gasteiger partial charge >= 0.3 is 0 Å². The fourth-order valence-electron chi connectivity index (χ4n) is 4.76. The third-order valence-corrected chi connectivity index (χ3v) is 6.69. The fourth-order valence-corrected chi connectivity index (χ4v) is 4.76. The quantitative estimate of drug-likeness (QED) is 0.255. The molecular formula is C31H32N2. The van der Waals surface area contributed by atoms with Gasteiger partial charge in [-0.3, -0.25) is 5.41 Å². The number of rotatable bonds is 2. The van der Waals surface area contributed by atoms with Crippen LogP contribution < -0.4 is 5.73 Å². The van der Waals surface area contributed by atoms with Gasteiger partial charge in [-0.25, -0.2) is 0 Å². The molecule has 1 aliphatic carbocycles. The summed E-state index contributed by atoms with van der Waals surface area (Å²) in [6, 6.07) is 31.9. The molecule has 4 aromatic rings. The Kier molecular flexibility index (Phi) is 6.74. The van der Waals surface area contributed by atoms with Crippen molar-refractivity contribution < 1.29 is 0 Å². The van der Waals surface area contributed by atoms with Crippen molar-refractivity contribution in [3.63, 3.8) is 0 Å². The minimum Gasteiger partial charge on any atom is -0.384 e. The zero-order valence-corrected chi connectivity index (χ0v) is 19.7. The molecule has 2 nitrogen and oxygen atoms in total. The van der Waals surface area contributed by atoms with Crippen molar-refractivity contribution in [3.8, 4) is 11.1 Å². The van der Waals surface area contributed by atoms with Crippen LogP contribution in [0.5, 0.6) is 0 Å². The van der Waals surface area contributed by atoms with Gasteiger partial charge in [0.2, 0.25) is 0 Å². The molecule has 166 valence electrons. The highest BCUT2D eigenvalue weighted by Gasteiger charge is 2.18. The van der Waals surface area contributed by atoms with Gasteiger partial charge in [0.25, 0.3) is 0 Å². The van der Waals surface area contributed by atoms with Gasteiger partial charge in [0.1, 0.15) is 5.84 Å². The first kappa shape index (κ1) is 22.5. The van der Waals surface area contributed by atoms with Gasteiger partial charge in [0.15, 0.2) is 0 Å². The van der Waals surface area contributed by atoms with Gasteiger partial charge in [0, 0.05) is 11.5 Å². The predicted octanol–water partition coefficient (Wildman–Crippen LogP) is 7.19. The molecule has 0 fully saturated rings. The summed E-state index contributed by atoms with van der Waals surface area (Å²) in [5, 5.41) is 7.50. The molecule has 0 bridgehead atoms. The van der Waals surface area contributed by atoms with E-state index in [1.807, 2.05) is 30.3 Å². The number of hydrogen-bond donors (Lipinski definition) is 2. The highest BCUT2D eigenvalue weighted by Crippen LogP contribution is 2.33. The Balaban J connectivity index is 0.000000157. The normalized spacial score (nSPS) is 12.6. The Bertz CT molecular complexity index is 1240. The lowest BCUT2D eigenvalue weighted by Crippen LogP contribution is -2.11. The minimum absolute atomic E-state index is 0.111. The maximum Gasteiger partial charge on any atom is 0.122 e. The summed E-state index contributed by atoms with van der Waals surface area (Å²) >= 11 is 0. The SMILES string of the molecule is CC1c2ccccc2CCc2ccccc21.Cc1ccccc1-c1cc(C(=N)N)ccc1C. The molecule has 0 radical (unpaired) electrons. The monoisotopic (exact) mass is 432 g/mol. The van der Waals surface area contributed by atoms with Crippen molar-refractivity contribution in [3.05, 3.63) is 130 Å². The first-order valence-electron chi connectivity index (χ1n) is 11.6. The van der Waals surface area contributed by atoms with E-state index < -0.39 is 0 Å². The van der Waals surface area contributed by atoms with Crippen LogP contribution in [-0.2, 0) is 12.8 Å². The number of nitrogens with one attached hydrogen (secondary N) is 1. The highest BCUT2D eigenvalue weighted by molar-refractivity contribution is 5.96. The van der Waals surface area contributed by atoms with Gasteiger partial charge < -0.3 is 5.73 Å². The van der Waals surface area contributed by atoms with E-state index in [0.717, 1.165) is 11.1 Å². The van der Waals surface area contributed by atoms with Crippen LogP contribution in [0.1, 0.15) is 51.8 Å². The lowest BCUT2D eigenvalue weighted by molar-refractivity contribution is 0.913. The molecule has 3 N–H and O–H groups in total. The second kappa shape index (κ2) is 9.87. The van der Waals surface area contributed by atoms with Crippen molar-refractivity contribution >= 4 is 5.84 Å². The number of nitrogens with two attached hydrogens (primary N) is 1. The molecule has 0 saturated heterocycles. The molecule has 5 rings (SSSR count). The molecule has 0 atom stereocenters. The van der Waals surface area contributed by atoms with E-state index in [9.17, 15) is 0 Å². The fraction of sp³-hybridized carbons (Fsp3) is 0.194. The predicted molar refractivity (Wildman–Crippen MR) is 140 cm³/mol. The summed E-state index contributed by atoms with van der Waals surface area (Å²) in [6.45, 7) is 6.49. The van der Waals surface area contributed by atoms with Crippen molar-refractivity contribution in [2.45, 2.75) is 39.5 Å². The third-order valence-electron chi connectivity index (χ3n) is 6.69. The van der Waals surface area contributed by atoms with Gasteiger partial charge in [-0.2, -0.15) is 0 Å². The molecule has 1 aliphatic rings. The Morgan fingerprint density at radius 2 is 1.21 bits per heavy atom. The molecule has 4 aromatic carbocycles. The Morgan fingerprint density at radius 1 is 0.697 bits per heavy atom. The van der Waals surface area contributed by atoms with Gasteiger partial charge in [-0.05, 0) is 77.3 Å².